The van der Waals surface area contributed by atoms with E-state index in [9.17, 15) is 9.59 Å². The molecule has 0 radical (unpaired) electrons. The number of nitrogens with zero attached hydrogens (tertiary/aromatic N) is 2. The van der Waals surface area contributed by atoms with Gasteiger partial charge in [-0.15, -0.1) is 0 Å². The number of amides is 2. The number of benzene rings is 2. The fourth-order valence-electron chi connectivity index (χ4n) is 2.41. The van der Waals surface area contributed by atoms with Gasteiger partial charge in [0.2, 0.25) is 11.6 Å². The maximum absolute atomic E-state index is 12.1. The van der Waals surface area contributed by atoms with Crippen LogP contribution in [0, 0.1) is 13.8 Å². The second kappa shape index (κ2) is 9.36. The largest absolute Gasteiger partial charge is 0.483 e. The smallest absolute Gasteiger partial charge is 0.263 e. The Labute approximate surface area is 167 Å². The Bertz CT molecular complexity index is 924. The summed E-state index contributed by atoms with van der Waals surface area (Å²) in [5, 5.41) is 12.1. The van der Waals surface area contributed by atoms with Crippen molar-refractivity contribution >= 4 is 23.5 Å². The molecule has 2 amide bonds. The molecule has 1 aromatic heterocycles. The summed E-state index contributed by atoms with van der Waals surface area (Å²) in [5.41, 5.74) is 1.81. The molecule has 150 valence electrons. The molecule has 0 saturated heterocycles. The molecule has 29 heavy (non-hydrogen) atoms. The molecular formula is C20H20N4O5. The summed E-state index contributed by atoms with van der Waals surface area (Å²) in [5.74, 6) is 0.206. The summed E-state index contributed by atoms with van der Waals surface area (Å²) in [6.07, 6.45) is 0. The minimum atomic E-state index is -0.476. The van der Waals surface area contributed by atoms with Crippen LogP contribution in [-0.2, 0) is 9.59 Å². The van der Waals surface area contributed by atoms with E-state index < -0.39 is 11.8 Å². The zero-order valence-corrected chi connectivity index (χ0v) is 16.0. The van der Waals surface area contributed by atoms with Crippen LogP contribution in [0.2, 0.25) is 0 Å². The van der Waals surface area contributed by atoms with Gasteiger partial charge in [-0.05, 0) is 47.4 Å². The quantitative estimate of drug-likeness (QED) is 0.601. The molecule has 3 rings (SSSR count). The van der Waals surface area contributed by atoms with Gasteiger partial charge in [0.05, 0.1) is 0 Å². The van der Waals surface area contributed by atoms with Crippen LogP contribution in [0.1, 0.15) is 11.1 Å². The molecule has 0 atom stereocenters. The van der Waals surface area contributed by atoms with Crippen LogP contribution in [0.5, 0.6) is 11.5 Å². The van der Waals surface area contributed by atoms with Crippen LogP contribution in [-0.4, -0.2) is 35.3 Å². The highest BCUT2D eigenvalue weighted by Gasteiger charge is 2.17. The predicted molar refractivity (Wildman–Crippen MR) is 105 cm³/mol. The first-order chi connectivity index (χ1) is 14.0. The molecule has 0 aliphatic rings. The first-order valence-electron chi connectivity index (χ1n) is 8.82. The number of ether oxygens (including phenoxy) is 2. The van der Waals surface area contributed by atoms with E-state index in [0.717, 1.165) is 11.1 Å². The first kappa shape index (κ1) is 19.9. The summed E-state index contributed by atoms with van der Waals surface area (Å²) in [4.78, 5) is 24.2. The summed E-state index contributed by atoms with van der Waals surface area (Å²) in [6.45, 7) is 3.28. The topological polar surface area (TPSA) is 116 Å². The van der Waals surface area contributed by atoms with Crippen molar-refractivity contribution in [3.8, 4) is 11.5 Å². The number of rotatable bonds is 8. The Morgan fingerprint density at radius 3 is 1.62 bits per heavy atom. The number of hydrogen-bond donors (Lipinski definition) is 2. The second-order valence-corrected chi connectivity index (χ2v) is 6.17. The Kier molecular flexibility index (Phi) is 6.41. The van der Waals surface area contributed by atoms with Crippen molar-refractivity contribution in [3.05, 3.63) is 59.7 Å². The molecule has 0 unspecified atom stereocenters. The number of anilines is 2. The molecule has 2 N–H and O–H groups in total. The van der Waals surface area contributed by atoms with Crippen LogP contribution in [0.4, 0.5) is 11.6 Å². The van der Waals surface area contributed by atoms with Gasteiger partial charge < -0.3 is 20.1 Å². The molecular weight excluding hydrogens is 376 g/mol. The number of nitrogens with one attached hydrogen (secondary N) is 2. The van der Waals surface area contributed by atoms with Crippen molar-refractivity contribution in [2.24, 2.45) is 0 Å². The Hall–Kier alpha value is -3.88. The van der Waals surface area contributed by atoms with Gasteiger partial charge in [0.1, 0.15) is 11.5 Å². The Morgan fingerprint density at radius 2 is 1.21 bits per heavy atom. The van der Waals surface area contributed by atoms with E-state index in [2.05, 4.69) is 25.6 Å². The molecule has 0 bridgehead atoms. The third-order valence-electron chi connectivity index (χ3n) is 3.91. The van der Waals surface area contributed by atoms with Gasteiger partial charge in [-0.2, -0.15) is 0 Å². The van der Waals surface area contributed by atoms with Gasteiger partial charge in [0.15, 0.2) is 13.2 Å². The van der Waals surface area contributed by atoms with Gasteiger partial charge in [-0.1, -0.05) is 36.4 Å². The Balaban J connectivity index is 1.51. The standard InChI is InChI=1S/C20H20N4O5/c1-13-7-3-5-9-15(13)27-11-17(25)21-19-20(24-29-23-19)22-18(26)12-28-16-10-6-4-8-14(16)2/h3-10H,11-12H2,1-2H3,(H,21,23,25)(H,22,24,26). The minimum Gasteiger partial charge on any atom is -0.483 e. The van der Waals surface area contributed by atoms with Crippen molar-refractivity contribution in [2.45, 2.75) is 13.8 Å². The molecule has 1 heterocycles. The Morgan fingerprint density at radius 1 is 0.793 bits per heavy atom. The lowest BCUT2D eigenvalue weighted by Gasteiger charge is -2.09. The number of aromatic nitrogens is 2. The van der Waals surface area contributed by atoms with Crippen LogP contribution in [0.15, 0.2) is 53.2 Å². The van der Waals surface area contributed by atoms with Crippen LogP contribution in [0.25, 0.3) is 0 Å². The second-order valence-electron chi connectivity index (χ2n) is 6.17. The van der Waals surface area contributed by atoms with Crippen LogP contribution in [0.3, 0.4) is 0 Å². The molecule has 3 aromatic rings. The fourth-order valence-corrected chi connectivity index (χ4v) is 2.41. The molecule has 0 aliphatic carbocycles. The molecule has 0 saturated carbocycles. The zero-order chi connectivity index (χ0) is 20.6. The highest BCUT2D eigenvalue weighted by molar-refractivity contribution is 5.98. The van der Waals surface area contributed by atoms with Crippen molar-refractivity contribution in [2.75, 3.05) is 23.8 Å². The average molecular weight is 396 g/mol. The van der Waals surface area contributed by atoms with Crippen molar-refractivity contribution < 1.29 is 23.7 Å². The lowest BCUT2D eigenvalue weighted by Crippen LogP contribution is -2.24. The predicted octanol–water partition coefficient (Wildman–Crippen LogP) is 2.72. The highest BCUT2D eigenvalue weighted by atomic mass is 16.6. The molecule has 0 spiro atoms. The number of para-hydroxylation sites is 2. The van der Waals surface area contributed by atoms with E-state index >= 15 is 0 Å². The fraction of sp³-hybridized carbons (Fsp3) is 0.200. The summed E-state index contributed by atoms with van der Waals surface area (Å²) in [7, 11) is 0. The normalized spacial score (nSPS) is 10.3. The first-order valence-corrected chi connectivity index (χ1v) is 8.82. The van der Waals surface area contributed by atoms with E-state index in [-0.39, 0.29) is 24.8 Å². The van der Waals surface area contributed by atoms with Crippen LogP contribution >= 0.6 is 0 Å². The van der Waals surface area contributed by atoms with E-state index in [1.165, 1.54) is 0 Å². The average Bonchev–Trinajstić information content (AvgIpc) is 3.13. The molecule has 9 heteroatoms. The molecule has 9 nitrogen and oxygen atoms in total. The van der Waals surface area contributed by atoms with Crippen molar-refractivity contribution in [3.63, 3.8) is 0 Å². The molecule has 0 aliphatic heterocycles. The lowest BCUT2D eigenvalue weighted by atomic mass is 10.2. The third kappa shape index (κ3) is 5.55. The van der Waals surface area contributed by atoms with E-state index in [0.29, 0.717) is 11.5 Å². The summed E-state index contributed by atoms with van der Waals surface area (Å²) >= 11 is 0. The maximum Gasteiger partial charge on any atom is 0.263 e. The van der Waals surface area contributed by atoms with Gasteiger partial charge in [0, 0.05) is 0 Å². The molecule has 0 fully saturated rings. The van der Waals surface area contributed by atoms with E-state index in [4.69, 9.17) is 9.47 Å². The van der Waals surface area contributed by atoms with E-state index in [1.807, 2.05) is 50.2 Å². The van der Waals surface area contributed by atoms with Gasteiger partial charge in [-0.25, -0.2) is 4.63 Å². The van der Waals surface area contributed by atoms with E-state index in [1.54, 1.807) is 12.1 Å². The van der Waals surface area contributed by atoms with Crippen molar-refractivity contribution in [1.82, 2.24) is 10.3 Å². The summed E-state index contributed by atoms with van der Waals surface area (Å²) < 4.78 is 15.5. The molecule has 2 aromatic carbocycles. The van der Waals surface area contributed by atoms with Crippen molar-refractivity contribution in [1.29, 1.82) is 0 Å². The SMILES string of the molecule is Cc1ccccc1OCC(=O)Nc1nonc1NC(=O)COc1ccccc1C. The number of carbonyl (C=O) groups excluding carboxylic acids is 2. The van der Waals surface area contributed by atoms with Crippen LogP contribution < -0.4 is 20.1 Å². The monoisotopic (exact) mass is 396 g/mol. The van der Waals surface area contributed by atoms with Gasteiger partial charge >= 0.3 is 0 Å². The number of carbonyl (C=O) groups is 2. The number of aryl methyl sites for hydroxylation is 2. The third-order valence-corrected chi connectivity index (χ3v) is 3.91. The minimum absolute atomic E-state index is 0.0207. The highest BCUT2D eigenvalue weighted by Crippen LogP contribution is 2.19. The van der Waals surface area contributed by atoms with Gasteiger partial charge in [0.25, 0.3) is 11.8 Å². The lowest BCUT2D eigenvalue weighted by molar-refractivity contribution is -0.119. The number of hydrogen-bond acceptors (Lipinski definition) is 7. The zero-order valence-electron chi connectivity index (χ0n) is 16.0. The van der Waals surface area contributed by atoms with Gasteiger partial charge in [-0.3, -0.25) is 9.59 Å². The summed E-state index contributed by atoms with van der Waals surface area (Å²) in [6, 6.07) is 14.7. The maximum atomic E-state index is 12.1.